The lowest BCUT2D eigenvalue weighted by atomic mass is 10.1. The third-order valence-electron chi connectivity index (χ3n) is 3.64. The first kappa shape index (κ1) is 13.8. The van der Waals surface area contributed by atoms with Gasteiger partial charge in [-0.1, -0.05) is 37.3 Å². The summed E-state index contributed by atoms with van der Waals surface area (Å²) in [5.74, 6) is 0. The van der Waals surface area contributed by atoms with E-state index in [-0.39, 0.29) is 5.56 Å². The highest BCUT2D eigenvalue weighted by atomic mass is 32.1. The number of nitrogens with one attached hydrogen (secondary N) is 1. The minimum Gasteiger partial charge on any atom is -0.344 e. The third kappa shape index (κ3) is 2.23. The second-order valence-corrected chi connectivity index (χ2v) is 5.52. The van der Waals surface area contributed by atoms with Crippen molar-refractivity contribution in [3.05, 3.63) is 51.7 Å². The second kappa shape index (κ2) is 5.33. The Labute approximate surface area is 127 Å². The molecule has 4 nitrogen and oxygen atoms in total. The smallest absolute Gasteiger partial charge is 0.278 e. The number of benzene rings is 1. The summed E-state index contributed by atoms with van der Waals surface area (Å²) in [6, 6.07) is 10.0. The molecule has 0 saturated carbocycles. The maximum absolute atomic E-state index is 12.7. The normalized spacial score (nSPS) is 11.1. The van der Waals surface area contributed by atoms with Gasteiger partial charge in [-0.2, -0.15) is 0 Å². The van der Waals surface area contributed by atoms with Gasteiger partial charge in [0.2, 0.25) is 0 Å². The summed E-state index contributed by atoms with van der Waals surface area (Å²) in [5.41, 5.74) is 3.52. The molecule has 2 aromatic heterocycles. The number of aryl methyl sites for hydroxylation is 1. The molecule has 0 bridgehead atoms. The Morgan fingerprint density at radius 1 is 1.24 bits per heavy atom. The lowest BCUT2D eigenvalue weighted by Gasteiger charge is -2.06. The highest BCUT2D eigenvalue weighted by molar-refractivity contribution is 7.71. The number of hydrogen-bond donors (Lipinski definition) is 1. The van der Waals surface area contributed by atoms with E-state index < -0.39 is 0 Å². The third-order valence-corrected chi connectivity index (χ3v) is 3.96. The summed E-state index contributed by atoms with van der Waals surface area (Å²) in [7, 11) is 1.89. The van der Waals surface area contributed by atoms with Gasteiger partial charge >= 0.3 is 0 Å². The molecule has 3 rings (SSSR count). The van der Waals surface area contributed by atoms with Crippen LogP contribution in [-0.2, 0) is 13.6 Å². The van der Waals surface area contributed by atoms with Crippen LogP contribution >= 0.6 is 12.2 Å². The first-order valence-corrected chi connectivity index (χ1v) is 7.42. The number of nitrogens with zero attached hydrogens (tertiary/aromatic N) is 2. The molecule has 21 heavy (non-hydrogen) atoms. The van der Waals surface area contributed by atoms with Crippen molar-refractivity contribution in [3.8, 4) is 11.1 Å². The van der Waals surface area contributed by atoms with Crippen LogP contribution in [0.25, 0.3) is 22.2 Å². The maximum atomic E-state index is 12.7. The molecule has 0 amide bonds. The van der Waals surface area contributed by atoms with Crippen LogP contribution in [0, 0.1) is 4.77 Å². The molecular weight excluding hydrogens is 282 g/mol. The van der Waals surface area contributed by atoms with Crippen LogP contribution in [0.5, 0.6) is 0 Å². The summed E-state index contributed by atoms with van der Waals surface area (Å²) in [4.78, 5) is 15.9. The molecule has 5 heteroatoms. The molecule has 2 heterocycles. The van der Waals surface area contributed by atoms with Crippen LogP contribution in [-0.4, -0.2) is 14.1 Å². The lowest BCUT2D eigenvalue weighted by molar-refractivity contribution is 0.635. The zero-order valence-corrected chi connectivity index (χ0v) is 12.9. The fourth-order valence-electron chi connectivity index (χ4n) is 2.67. The van der Waals surface area contributed by atoms with Gasteiger partial charge in [-0.15, -0.1) is 0 Å². The Morgan fingerprint density at radius 2 is 1.95 bits per heavy atom. The summed E-state index contributed by atoms with van der Waals surface area (Å²) in [5, 5.41) is 0. The largest absolute Gasteiger partial charge is 0.344 e. The van der Waals surface area contributed by atoms with Gasteiger partial charge in [0, 0.05) is 25.4 Å². The molecular formula is C16H17N3OS. The highest BCUT2D eigenvalue weighted by Gasteiger charge is 2.14. The van der Waals surface area contributed by atoms with E-state index in [2.05, 4.69) is 4.98 Å². The summed E-state index contributed by atoms with van der Waals surface area (Å²) in [6.07, 6.45) is 2.85. The average Bonchev–Trinajstić information content (AvgIpc) is 2.81. The van der Waals surface area contributed by atoms with E-state index in [9.17, 15) is 4.79 Å². The Kier molecular flexibility index (Phi) is 3.51. The zero-order chi connectivity index (χ0) is 15.0. The minimum absolute atomic E-state index is 0.0275. The molecule has 1 N–H and O–H groups in total. The molecule has 0 unspecified atom stereocenters. The van der Waals surface area contributed by atoms with Crippen molar-refractivity contribution in [1.82, 2.24) is 14.1 Å². The summed E-state index contributed by atoms with van der Waals surface area (Å²) < 4.78 is 3.99. The minimum atomic E-state index is -0.0275. The van der Waals surface area contributed by atoms with Crippen LogP contribution in [0.4, 0.5) is 0 Å². The van der Waals surface area contributed by atoms with Gasteiger partial charge in [-0.3, -0.25) is 9.36 Å². The van der Waals surface area contributed by atoms with Crippen molar-refractivity contribution in [3.63, 3.8) is 0 Å². The number of aromatic nitrogens is 3. The molecule has 0 atom stereocenters. The van der Waals surface area contributed by atoms with E-state index in [0.29, 0.717) is 16.8 Å². The van der Waals surface area contributed by atoms with Crippen LogP contribution in [0.1, 0.15) is 13.3 Å². The van der Waals surface area contributed by atoms with E-state index >= 15 is 0 Å². The van der Waals surface area contributed by atoms with Crippen LogP contribution in [0.3, 0.4) is 0 Å². The van der Waals surface area contributed by atoms with Gasteiger partial charge in [0.05, 0.1) is 5.52 Å². The summed E-state index contributed by atoms with van der Waals surface area (Å²) >= 11 is 5.35. The molecule has 0 saturated heterocycles. The van der Waals surface area contributed by atoms with Gasteiger partial charge in [-0.05, 0) is 24.2 Å². The van der Waals surface area contributed by atoms with Crippen molar-refractivity contribution >= 4 is 23.3 Å². The highest BCUT2D eigenvalue weighted by Crippen LogP contribution is 2.26. The quantitative estimate of drug-likeness (QED) is 0.752. The molecule has 0 fully saturated rings. The molecule has 0 radical (unpaired) electrons. The van der Waals surface area contributed by atoms with E-state index in [0.717, 1.165) is 23.1 Å². The number of hydrogen-bond acceptors (Lipinski definition) is 2. The van der Waals surface area contributed by atoms with Crippen molar-refractivity contribution in [1.29, 1.82) is 0 Å². The molecule has 0 spiro atoms. The fourth-order valence-corrected chi connectivity index (χ4v) is 2.95. The standard InChI is InChI=1S/C16H17N3OS/c1-3-9-19-15(20)14-13(17-16(19)21)12(10-18(14)2)11-7-5-4-6-8-11/h4-8,10H,3,9H2,1-2H3,(H,17,21). The predicted molar refractivity (Wildman–Crippen MR) is 88.1 cm³/mol. The maximum Gasteiger partial charge on any atom is 0.278 e. The number of aromatic amines is 1. The Morgan fingerprint density at radius 3 is 2.62 bits per heavy atom. The average molecular weight is 299 g/mol. The first-order chi connectivity index (χ1) is 10.1. The monoisotopic (exact) mass is 299 g/mol. The second-order valence-electron chi connectivity index (χ2n) is 5.13. The number of H-pyrrole nitrogens is 1. The van der Waals surface area contributed by atoms with Gasteiger partial charge in [0.25, 0.3) is 5.56 Å². The molecule has 3 aromatic rings. The van der Waals surface area contributed by atoms with Gasteiger partial charge < -0.3 is 9.55 Å². The van der Waals surface area contributed by atoms with Gasteiger partial charge in [0.15, 0.2) is 4.77 Å². The van der Waals surface area contributed by atoms with Crippen LogP contribution < -0.4 is 5.56 Å². The van der Waals surface area contributed by atoms with Crippen molar-refractivity contribution < 1.29 is 0 Å². The summed E-state index contributed by atoms with van der Waals surface area (Å²) in [6.45, 7) is 2.67. The van der Waals surface area contributed by atoms with Crippen molar-refractivity contribution in [2.75, 3.05) is 0 Å². The Hall–Kier alpha value is -2.14. The van der Waals surface area contributed by atoms with Crippen LogP contribution in [0.2, 0.25) is 0 Å². The molecule has 108 valence electrons. The topological polar surface area (TPSA) is 42.7 Å². The first-order valence-electron chi connectivity index (χ1n) is 7.01. The van der Waals surface area contributed by atoms with Crippen molar-refractivity contribution in [2.45, 2.75) is 19.9 Å². The number of rotatable bonds is 3. The van der Waals surface area contributed by atoms with Crippen molar-refractivity contribution in [2.24, 2.45) is 7.05 Å². The lowest BCUT2D eigenvalue weighted by Crippen LogP contribution is -2.23. The van der Waals surface area contributed by atoms with Gasteiger partial charge in [-0.25, -0.2) is 0 Å². The fraction of sp³-hybridized carbons (Fsp3) is 0.250. The zero-order valence-electron chi connectivity index (χ0n) is 12.1. The van der Waals surface area contributed by atoms with Crippen LogP contribution in [0.15, 0.2) is 41.3 Å². The van der Waals surface area contributed by atoms with Gasteiger partial charge in [0.1, 0.15) is 5.52 Å². The molecule has 0 aliphatic carbocycles. The Bertz CT molecular complexity index is 903. The molecule has 0 aliphatic rings. The van der Waals surface area contributed by atoms with E-state index in [1.165, 1.54) is 0 Å². The Balaban J connectivity index is 2.37. The predicted octanol–water partition coefficient (Wildman–Crippen LogP) is 3.47. The molecule has 1 aromatic carbocycles. The van der Waals surface area contributed by atoms with E-state index in [4.69, 9.17) is 12.2 Å². The SMILES string of the molecule is CCCn1c(=S)[nH]c2c(-c3ccccc3)cn(C)c2c1=O. The molecule has 0 aliphatic heterocycles. The number of fused-ring (bicyclic) bond motifs is 1. The van der Waals surface area contributed by atoms with E-state index in [1.54, 1.807) is 4.57 Å². The van der Waals surface area contributed by atoms with E-state index in [1.807, 2.05) is 55.1 Å².